The average Bonchev–Trinajstić information content (AvgIpc) is 2.86. The number of hydrogen-bond acceptors (Lipinski definition) is 8. The van der Waals surface area contributed by atoms with Crippen molar-refractivity contribution in [3.05, 3.63) is 88.6 Å². The Morgan fingerprint density at radius 2 is 2.06 bits per heavy atom. The van der Waals surface area contributed by atoms with Gasteiger partial charge in [0, 0.05) is 23.0 Å². The molecule has 0 amide bonds. The molecule has 4 rings (SSSR count). The van der Waals surface area contributed by atoms with Gasteiger partial charge in [0.25, 0.3) is 11.2 Å². The van der Waals surface area contributed by atoms with Crippen LogP contribution in [0.5, 0.6) is 17.4 Å². The summed E-state index contributed by atoms with van der Waals surface area (Å²) in [6.45, 7) is 2.01. The molecule has 0 atom stereocenters. The van der Waals surface area contributed by atoms with Crippen molar-refractivity contribution >= 4 is 61.3 Å². The number of benzene rings is 2. The molecule has 10 nitrogen and oxygen atoms in total. The SMILES string of the molecule is CCCc1nc2ccc(Br)cc2c(=O)n1N=Cc1cc(I)c(Oc2ccc([N+](=O)[O-])cn2)c(OC)c1. The highest BCUT2D eigenvalue weighted by Gasteiger charge is 2.15. The predicted molar refractivity (Wildman–Crippen MR) is 147 cm³/mol. The van der Waals surface area contributed by atoms with Gasteiger partial charge in [-0.2, -0.15) is 9.78 Å². The van der Waals surface area contributed by atoms with Crippen LogP contribution < -0.4 is 15.0 Å². The molecule has 12 heteroatoms. The molecule has 0 aliphatic heterocycles. The van der Waals surface area contributed by atoms with Crippen molar-refractivity contribution in [2.45, 2.75) is 19.8 Å². The average molecular weight is 664 g/mol. The number of pyridine rings is 1. The number of nitrogens with zero attached hydrogens (tertiary/aromatic N) is 5. The van der Waals surface area contributed by atoms with Crippen LogP contribution in [0.15, 0.2) is 63.0 Å². The zero-order valence-corrected chi connectivity index (χ0v) is 22.9. The van der Waals surface area contributed by atoms with E-state index < -0.39 is 4.92 Å². The Morgan fingerprint density at radius 3 is 2.72 bits per heavy atom. The molecular weight excluding hydrogens is 645 g/mol. The van der Waals surface area contributed by atoms with Gasteiger partial charge < -0.3 is 9.47 Å². The van der Waals surface area contributed by atoms with Crippen LogP contribution in [-0.4, -0.2) is 32.9 Å². The van der Waals surface area contributed by atoms with E-state index in [-0.39, 0.29) is 17.1 Å². The molecule has 0 fully saturated rings. The number of aromatic nitrogens is 3. The minimum absolute atomic E-state index is 0.135. The highest BCUT2D eigenvalue weighted by molar-refractivity contribution is 14.1. The molecule has 2 heterocycles. The van der Waals surface area contributed by atoms with Crippen molar-refractivity contribution in [1.82, 2.24) is 14.6 Å². The standard InChI is InChI=1S/C24H19BrIN5O5/c1-3-4-21-29-19-7-5-15(25)11-17(19)24(32)30(21)28-12-14-9-18(26)23(20(10-14)35-2)36-22-8-6-16(13-27-22)31(33)34/h5-13H,3-4H2,1-2H3. The van der Waals surface area contributed by atoms with Crippen molar-refractivity contribution in [3.8, 4) is 17.4 Å². The molecule has 4 aromatic rings. The summed E-state index contributed by atoms with van der Waals surface area (Å²) in [6.07, 6.45) is 4.08. The fraction of sp³-hybridized carbons (Fsp3) is 0.167. The highest BCUT2D eigenvalue weighted by atomic mass is 127. The fourth-order valence-electron chi connectivity index (χ4n) is 3.38. The van der Waals surface area contributed by atoms with E-state index in [0.29, 0.717) is 43.8 Å². The van der Waals surface area contributed by atoms with Gasteiger partial charge in [0.1, 0.15) is 12.0 Å². The van der Waals surface area contributed by atoms with Crippen LogP contribution in [0, 0.1) is 13.7 Å². The van der Waals surface area contributed by atoms with Crippen molar-refractivity contribution in [2.24, 2.45) is 5.10 Å². The van der Waals surface area contributed by atoms with E-state index in [4.69, 9.17) is 9.47 Å². The number of rotatable bonds is 8. The van der Waals surface area contributed by atoms with Gasteiger partial charge in [-0.25, -0.2) is 9.97 Å². The summed E-state index contributed by atoms with van der Waals surface area (Å²) in [5.74, 6) is 1.56. The molecule has 0 bridgehead atoms. The van der Waals surface area contributed by atoms with E-state index in [1.165, 1.54) is 23.9 Å². The first-order chi connectivity index (χ1) is 17.3. The van der Waals surface area contributed by atoms with E-state index in [1.54, 1.807) is 24.4 Å². The topological polar surface area (TPSA) is 122 Å². The Labute approximate surface area is 227 Å². The van der Waals surface area contributed by atoms with E-state index in [2.05, 4.69) is 53.6 Å². The van der Waals surface area contributed by atoms with E-state index in [1.807, 2.05) is 19.1 Å². The van der Waals surface area contributed by atoms with Gasteiger partial charge >= 0.3 is 0 Å². The molecule has 0 saturated heterocycles. The molecule has 2 aromatic carbocycles. The van der Waals surface area contributed by atoms with Crippen LogP contribution in [-0.2, 0) is 6.42 Å². The molecule has 0 unspecified atom stereocenters. The van der Waals surface area contributed by atoms with Crippen molar-refractivity contribution < 1.29 is 14.4 Å². The van der Waals surface area contributed by atoms with Crippen molar-refractivity contribution in [1.29, 1.82) is 0 Å². The predicted octanol–water partition coefficient (Wildman–Crippen LogP) is 5.70. The first kappa shape index (κ1) is 25.7. The van der Waals surface area contributed by atoms with Gasteiger partial charge in [0.05, 0.1) is 32.7 Å². The van der Waals surface area contributed by atoms with Gasteiger partial charge in [-0.15, -0.1) is 0 Å². The lowest BCUT2D eigenvalue weighted by atomic mass is 10.2. The third-order valence-electron chi connectivity index (χ3n) is 5.06. The fourth-order valence-corrected chi connectivity index (χ4v) is 4.48. The molecule has 0 radical (unpaired) electrons. The molecule has 0 spiro atoms. The molecule has 36 heavy (non-hydrogen) atoms. The number of methoxy groups -OCH3 is 1. The summed E-state index contributed by atoms with van der Waals surface area (Å²) in [6, 6.07) is 11.6. The maximum absolute atomic E-state index is 13.2. The number of hydrogen-bond donors (Lipinski definition) is 0. The van der Waals surface area contributed by atoms with Crippen LogP contribution in [0.25, 0.3) is 10.9 Å². The number of aryl methyl sites for hydroxylation is 1. The first-order valence-electron chi connectivity index (χ1n) is 10.7. The zero-order valence-electron chi connectivity index (χ0n) is 19.1. The monoisotopic (exact) mass is 663 g/mol. The first-order valence-corrected chi connectivity index (χ1v) is 12.6. The smallest absolute Gasteiger partial charge is 0.287 e. The molecule has 0 aliphatic carbocycles. The Balaban J connectivity index is 1.70. The van der Waals surface area contributed by atoms with E-state index in [9.17, 15) is 14.9 Å². The summed E-state index contributed by atoms with van der Waals surface area (Å²) in [7, 11) is 1.50. The van der Waals surface area contributed by atoms with Gasteiger partial charge in [0.2, 0.25) is 5.88 Å². The summed E-state index contributed by atoms with van der Waals surface area (Å²) in [5, 5.41) is 15.8. The van der Waals surface area contributed by atoms with Crippen molar-refractivity contribution in [2.75, 3.05) is 7.11 Å². The number of nitro groups is 1. The maximum Gasteiger partial charge on any atom is 0.287 e. The Bertz CT molecular complexity index is 1540. The third kappa shape index (κ3) is 5.54. The normalized spacial score (nSPS) is 11.2. The van der Waals surface area contributed by atoms with Gasteiger partial charge in [-0.3, -0.25) is 14.9 Å². The van der Waals surface area contributed by atoms with Crippen LogP contribution >= 0.6 is 38.5 Å². The molecular formula is C24H19BrIN5O5. The molecule has 0 aliphatic rings. The summed E-state index contributed by atoms with van der Waals surface area (Å²) in [4.78, 5) is 32.1. The van der Waals surface area contributed by atoms with E-state index in [0.717, 1.165) is 17.1 Å². The minimum Gasteiger partial charge on any atom is -0.493 e. The van der Waals surface area contributed by atoms with E-state index >= 15 is 0 Å². The number of ether oxygens (including phenoxy) is 2. The van der Waals surface area contributed by atoms with Crippen LogP contribution in [0.1, 0.15) is 24.7 Å². The van der Waals surface area contributed by atoms with Crippen LogP contribution in [0.4, 0.5) is 5.69 Å². The zero-order chi connectivity index (χ0) is 25.8. The highest BCUT2D eigenvalue weighted by Crippen LogP contribution is 2.36. The Kier molecular flexibility index (Phi) is 7.94. The molecule has 0 N–H and O–H groups in total. The lowest BCUT2D eigenvalue weighted by Crippen LogP contribution is -2.22. The summed E-state index contributed by atoms with van der Waals surface area (Å²) in [5.41, 5.74) is 0.898. The summed E-state index contributed by atoms with van der Waals surface area (Å²) < 4.78 is 14.1. The molecule has 184 valence electrons. The van der Waals surface area contributed by atoms with Crippen LogP contribution in [0.3, 0.4) is 0 Å². The maximum atomic E-state index is 13.2. The van der Waals surface area contributed by atoms with Crippen LogP contribution in [0.2, 0.25) is 0 Å². The Morgan fingerprint density at radius 1 is 1.25 bits per heavy atom. The van der Waals surface area contributed by atoms with Crippen molar-refractivity contribution in [3.63, 3.8) is 0 Å². The molecule has 2 aromatic heterocycles. The quantitative estimate of drug-likeness (QED) is 0.103. The van der Waals surface area contributed by atoms with Gasteiger partial charge in [-0.1, -0.05) is 22.9 Å². The second-order valence-corrected chi connectivity index (χ2v) is 9.63. The minimum atomic E-state index is -0.531. The summed E-state index contributed by atoms with van der Waals surface area (Å²) >= 11 is 5.49. The van der Waals surface area contributed by atoms with Gasteiger partial charge in [0.15, 0.2) is 11.5 Å². The second-order valence-electron chi connectivity index (χ2n) is 7.55. The Hall–Kier alpha value is -3.39. The van der Waals surface area contributed by atoms with Gasteiger partial charge in [-0.05, 0) is 64.9 Å². The largest absolute Gasteiger partial charge is 0.493 e. The lowest BCUT2D eigenvalue weighted by Gasteiger charge is -2.13. The third-order valence-corrected chi connectivity index (χ3v) is 6.36. The number of fused-ring (bicyclic) bond motifs is 1. The molecule has 0 saturated carbocycles. The second kappa shape index (κ2) is 11.1. The lowest BCUT2D eigenvalue weighted by molar-refractivity contribution is -0.385. The number of halogens is 2.